The maximum atomic E-state index is 11.6. The van der Waals surface area contributed by atoms with E-state index in [0.29, 0.717) is 19.1 Å². The van der Waals surface area contributed by atoms with Gasteiger partial charge in [0.1, 0.15) is 0 Å². The van der Waals surface area contributed by atoms with Gasteiger partial charge in [-0.3, -0.25) is 4.79 Å². The SMILES string of the molecule is CCC(C)NCC(=O)NCC(CC)(CC)CO. The lowest BCUT2D eigenvalue weighted by Crippen LogP contribution is -2.43. The lowest BCUT2D eigenvalue weighted by Gasteiger charge is -2.29. The average molecular weight is 244 g/mol. The van der Waals surface area contributed by atoms with Crippen LogP contribution in [0, 0.1) is 5.41 Å². The van der Waals surface area contributed by atoms with Crippen molar-refractivity contribution in [2.45, 2.75) is 53.0 Å². The van der Waals surface area contributed by atoms with Crippen molar-refractivity contribution in [3.8, 4) is 0 Å². The number of carbonyl (C=O) groups excluding carboxylic acids is 1. The first-order valence-electron chi connectivity index (χ1n) is 6.64. The smallest absolute Gasteiger partial charge is 0.233 e. The summed E-state index contributed by atoms with van der Waals surface area (Å²) in [4.78, 5) is 11.6. The highest BCUT2D eigenvalue weighted by Crippen LogP contribution is 2.24. The van der Waals surface area contributed by atoms with Crippen LogP contribution in [-0.4, -0.2) is 36.8 Å². The Morgan fingerprint density at radius 3 is 2.29 bits per heavy atom. The zero-order valence-corrected chi connectivity index (χ0v) is 11.7. The van der Waals surface area contributed by atoms with Gasteiger partial charge in [0, 0.05) is 18.0 Å². The Labute approximate surface area is 105 Å². The summed E-state index contributed by atoms with van der Waals surface area (Å²) in [6.07, 6.45) is 2.76. The first-order valence-corrected chi connectivity index (χ1v) is 6.64. The molecule has 1 unspecified atom stereocenters. The van der Waals surface area contributed by atoms with Crippen LogP contribution in [0.5, 0.6) is 0 Å². The summed E-state index contributed by atoms with van der Waals surface area (Å²) >= 11 is 0. The Kier molecular flexibility index (Phi) is 8.17. The molecule has 0 aromatic heterocycles. The molecule has 0 aromatic rings. The fourth-order valence-corrected chi connectivity index (χ4v) is 1.54. The summed E-state index contributed by atoms with van der Waals surface area (Å²) in [5.41, 5.74) is -0.161. The normalized spacial score (nSPS) is 13.5. The zero-order valence-electron chi connectivity index (χ0n) is 11.7. The first kappa shape index (κ1) is 16.4. The van der Waals surface area contributed by atoms with Crippen molar-refractivity contribution in [2.24, 2.45) is 5.41 Å². The molecule has 0 aromatic carbocycles. The minimum absolute atomic E-state index is 0.00465. The van der Waals surface area contributed by atoms with E-state index in [0.717, 1.165) is 19.3 Å². The van der Waals surface area contributed by atoms with E-state index in [2.05, 4.69) is 24.5 Å². The summed E-state index contributed by atoms with van der Waals surface area (Å²) in [5, 5.41) is 15.4. The standard InChI is InChI=1S/C13H28N2O2/c1-5-11(4)14-8-12(17)15-9-13(6-2,7-3)10-16/h11,14,16H,5-10H2,1-4H3,(H,15,17). The van der Waals surface area contributed by atoms with E-state index in [1.807, 2.05) is 13.8 Å². The van der Waals surface area contributed by atoms with Crippen LogP contribution in [0.15, 0.2) is 0 Å². The molecule has 3 N–H and O–H groups in total. The number of nitrogens with one attached hydrogen (secondary N) is 2. The number of hydrogen-bond acceptors (Lipinski definition) is 3. The van der Waals surface area contributed by atoms with Crippen molar-refractivity contribution >= 4 is 5.91 Å². The predicted molar refractivity (Wildman–Crippen MR) is 70.9 cm³/mol. The molecule has 0 rings (SSSR count). The van der Waals surface area contributed by atoms with Crippen molar-refractivity contribution in [3.05, 3.63) is 0 Å². The highest BCUT2D eigenvalue weighted by atomic mass is 16.3. The van der Waals surface area contributed by atoms with Crippen LogP contribution < -0.4 is 10.6 Å². The number of hydrogen-bond donors (Lipinski definition) is 3. The Balaban J connectivity index is 3.97. The largest absolute Gasteiger partial charge is 0.396 e. The summed E-state index contributed by atoms with van der Waals surface area (Å²) < 4.78 is 0. The molecule has 0 radical (unpaired) electrons. The van der Waals surface area contributed by atoms with Gasteiger partial charge in [0.05, 0.1) is 13.2 Å². The number of amides is 1. The van der Waals surface area contributed by atoms with Crippen LogP contribution in [-0.2, 0) is 4.79 Å². The predicted octanol–water partition coefficient (Wildman–Crippen LogP) is 1.29. The molecule has 4 nitrogen and oxygen atoms in total. The van der Waals surface area contributed by atoms with Crippen LogP contribution in [0.4, 0.5) is 0 Å². The summed E-state index contributed by atoms with van der Waals surface area (Å²) in [6, 6.07) is 0.362. The molecule has 0 saturated heterocycles. The fraction of sp³-hybridized carbons (Fsp3) is 0.923. The Bertz CT molecular complexity index is 207. The van der Waals surface area contributed by atoms with E-state index in [1.54, 1.807) is 0 Å². The van der Waals surface area contributed by atoms with Gasteiger partial charge in [0.2, 0.25) is 5.91 Å². The molecule has 1 atom stereocenters. The molecule has 17 heavy (non-hydrogen) atoms. The van der Waals surface area contributed by atoms with Gasteiger partial charge in [-0.2, -0.15) is 0 Å². The fourth-order valence-electron chi connectivity index (χ4n) is 1.54. The minimum atomic E-state index is -0.161. The molecule has 0 bridgehead atoms. The topological polar surface area (TPSA) is 61.4 Å². The maximum Gasteiger partial charge on any atom is 0.233 e. The molecule has 0 fully saturated rings. The summed E-state index contributed by atoms with van der Waals surface area (Å²) in [5.74, 6) is 0.00465. The zero-order chi connectivity index (χ0) is 13.3. The first-order chi connectivity index (χ1) is 8.03. The van der Waals surface area contributed by atoms with E-state index in [1.165, 1.54) is 0 Å². The van der Waals surface area contributed by atoms with Gasteiger partial charge in [0.15, 0.2) is 0 Å². The lowest BCUT2D eigenvalue weighted by atomic mass is 9.83. The van der Waals surface area contributed by atoms with E-state index in [9.17, 15) is 9.90 Å². The quantitative estimate of drug-likeness (QED) is 0.573. The van der Waals surface area contributed by atoms with Crippen molar-refractivity contribution in [3.63, 3.8) is 0 Å². The maximum absolute atomic E-state index is 11.6. The number of aliphatic hydroxyl groups excluding tert-OH is 1. The van der Waals surface area contributed by atoms with Gasteiger partial charge in [-0.1, -0.05) is 20.8 Å². The summed E-state index contributed by atoms with van der Waals surface area (Å²) in [6.45, 7) is 9.26. The molecule has 0 spiro atoms. The Morgan fingerprint density at radius 2 is 1.88 bits per heavy atom. The molecule has 1 amide bonds. The number of rotatable bonds is 9. The monoisotopic (exact) mass is 244 g/mol. The van der Waals surface area contributed by atoms with Crippen molar-refractivity contribution in [2.75, 3.05) is 19.7 Å². The Morgan fingerprint density at radius 1 is 1.29 bits per heavy atom. The van der Waals surface area contributed by atoms with Gasteiger partial charge in [-0.15, -0.1) is 0 Å². The molecule has 102 valence electrons. The third-order valence-corrected chi connectivity index (χ3v) is 3.72. The van der Waals surface area contributed by atoms with Gasteiger partial charge in [-0.25, -0.2) is 0 Å². The molecule has 0 saturated carbocycles. The van der Waals surface area contributed by atoms with Crippen molar-refractivity contribution in [1.82, 2.24) is 10.6 Å². The minimum Gasteiger partial charge on any atom is -0.396 e. The molecule has 0 aliphatic heterocycles. The second kappa shape index (κ2) is 8.48. The third kappa shape index (κ3) is 6.03. The molecule has 0 aliphatic carbocycles. The van der Waals surface area contributed by atoms with Crippen LogP contribution in [0.3, 0.4) is 0 Å². The van der Waals surface area contributed by atoms with Crippen LogP contribution >= 0.6 is 0 Å². The van der Waals surface area contributed by atoms with E-state index in [4.69, 9.17) is 0 Å². The Hall–Kier alpha value is -0.610. The van der Waals surface area contributed by atoms with Gasteiger partial charge in [0.25, 0.3) is 0 Å². The molecular formula is C13H28N2O2. The number of aliphatic hydroxyl groups is 1. The van der Waals surface area contributed by atoms with E-state index >= 15 is 0 Å². The molecule has 4 heteroatoms. The van der Waals surface area contributed by atoms with Gasteiger partial charge >= 0.3 is 0 Å². The lowest BCUT2D eigenvalue weighted by molar-refractivity contribution is -0.121. The van der Waals surface area contributed by atoms with Gasteiger partial charge in [-0.05, 0) is 26.2 Å². The van der Waals surface area contributed by atoms with E-state index in [-0.39, 0.29) is 17.9 Å². The van der Waals surface area contributed by atoms with Crippen LogP contribution in [0.1, 0.15) is 47.0 Å². The van der Waals surface area contributed by atoms with Crippen molar-refractivity contribution < 1.29 is 9.90 Å². The number of carbonyl (C=O) groups is 1. The molecule has 0 heterocycles. The second-order valence-corrected chi connectivity index (χ2v) is 4.83. The van der Waals surface area contributed by atoms with Gasteiger partial charge < -0.3 is 15.7 Å². The highest BCUT2D eigenvalue weighted by Gasteiger charge is 2.25. The van der Waals surface area contributed by atoms with Crippen molar-refractivity contribution in [1.29, 1.82) is 0 Å². The van der Waals surface area contributed by atoms with Crippen LogP contribution in [0.25, 0.3) is 0 Å². The third-order valence-electron chi connectivity index (χ3n) is 3.72. The molecular weight excluding hydrogens is 216 g/mol. The highest BCUT2D eigenvalue weighted by molar-refractivity contribution is 5.78. The average Bonchev–Trinajstić information content (AvgIpc) is 2.38. The summed E-state index contributed by atoms with van der Waals surface area (Å²) in [7, 11) is 0. The molecule has 0 aliphatic rings. The second-order valence-electron chi connectivity index (χ2n) is 4.83. The van der Waals surface area contributed by atoms with E-state index < -0.39 is 0 Å². The van der Waals surface area contributed by atoms with Crippen LogP contribution in [0.2, 0.25) is 0 Å².